The highest BCUT2D eigenvalue weighted by Gasteiger charge is 2.45. The van der Waals surface area contributed by atoms with Crippen molar-refractivity contribution in [1.29, 1.82) is 0 Å². The summed E-state index contributed by atoms with van der Waals surface area (Å²) in [6.45, 7) is 4.83. The first-order chi connectivity index (χ1) is 15.0. The highest BCUT2D eigenvalue weighted by atomic mass is 32.2. The molecular weight excluding hydrogens is 436 g/mol. The number of amides is 2. The molecule has 0 spiro atoms. The van der Waals surface area contributed by atoms with Gasteiger partial charge in [0.1, 0.15) is 11.4 Å². The van der Waals surface area contributed by atoms with Crippen LogP contribution in [0.15, 0.2) is 52.6 Å². The molecule has 1 aromatic carbocycles. The number of anilines is 2. The Kier molecular flexibility index (Phi) is 5.16. The van der Waals surface area contributed by atoms with E-state index in [1.807, 2.05) is 0 Å². The number of para-hydroxylation sites is 2. The molecule has 0 bridgehead atoms. The second-order valence-electron chi connectivity index (χ2n) is 8.10. The summed E-state index contributed by atoms with van der Waals surface area (Å²) in [5.41, 5.74) is -0.0366. The normalized spacial score (nSPS) is 21.4. The van der Waals surface area contributed by atoms with E-state index in [9.17, 15) is 22.8 Å². The summed E-state index contributed by atoms with van der Waals surface area (Å²) in [7, 11) is -3.51. The Balaban J connectivity index is 1.53. The largest absolute Gasteiger partial charge is 0.449 e. The molecule has 11 heteroatoms. The SMILES string of the molecule is C[C@@H](OC(=O)C1=CN2CCS(=O)(=O)N=C2C=C1)C(=O)N1c2ccccc2NC(=O)C1(C)C. The van der Waals surface area contributed by atoms with Crippen LogP contribution in [0.5, 0.6) is 0 Å². The van der Waals surface area contributed by atoms with Gasteiger partial charge in [-0.3, -0.25) is 14.5 Å². The van der Waals surface area contributed by atoms with E-state index < -0.39 is 33.5 Å². The molecule has 1 aromatic rings. The summed E-state index contributed by atoms with van der Waals surface area (Å²) >= 11 is 0. The Bertz CT molecular complexity index is 1210. The number of carbonyl (C=O) groups excluding carboxylic acids is 3. The van der Waals surface area contributed by atoms with Crippen LogP contribution in [0.1, 0.15) is 20.8 Å². The smallest absolute Gasteiger partial charge is 0.340 e. The average Bonchev–Trinajstić information content (AvgIpc) is 2.73. The highest BCUT2D eigenvalue weighted by Crippen LogP contribution is 2.37. The van der Waals surface area contributed by atoms with Crippen molar-refractivity contribution in [2.24, 2.45) is 4.40 Å². The van der Waals surface area contributed by atoms with Gasteiger partial charge in [-0.2, -0.15) is 0 Å². The fraction of sp³-hybridized carbons (Fsp3) is 0.333. The molecule has 4 rings (SSSR count). The van der Waals surface area contributed by atoms with Crippen molar-refractivity contribution in [3.8, 4) is 0 Å². The monoisotopic (exact) mass is 458 g/mol. The second-order valence-corrected chi connectivity index (χ2v) is 9.85. The number of hydrogen-bond acceptors (Lipinski definition) is 7. The molecule has 3 heterocycles. The van der Waals surface area contributed by atoms with Crippen LogP contribution in [-0.2, 0) is 29.1 Å². The lowest BCUT2D eigenvalue weighted by molar-refractivity contribution is -0.150. The van der Waals surface area contributed by atoms with Gasteiger partial charge in [-0.25, -0.2) is 13.2 Å². The summed E-state index contributed by atoms with van der Waals surface area (Å²) in [6, 6.07) is 6.89. The Morgan fingerprint density at radius 2 is 1.94 bits per heavy atom. The standard InChI is InChI=1S/C21H22N4O6S/c1-13(18(26)25-16-7-5-4-6-15(16)22-20(28)21(25,2)3)31-19(27)14-8-9-17-23-32(29,30)11-10-24(17)12-14/h4-9,12-13H,10-11H2,1-3H3,(H,22,28)/t13-/m1/s1. The number of nitrogens with one attached hydrogen (secondary N) is 1. The van der Waals surface area contributed by atoms with E-state index in [1.165, 1.54) is 30.2 Å². The molecule has 0 radical (unpaired) electrons. The van der Waals surface area contributed by atoms with Crippen LogP contribution in [0.4, 0.5) is 11.4 Å². The van der Waals surface area contributed by atoms with Crippen molar-refractivity contribution >= 4 is 45.0 Å². The first kappa shape index (κ1) is 21.8. The minimum Gasteiger partial charge on any atom is -0.449 e. The van der Waals surface area contributed by atoms with Crippen molar-refractivity contribution in [3.05, 3.63) is 48.2 Å². The molecule has 1 atom stereocenters. The Hall–Kier alpha value is -3.47. The molecule has 0 saturated heterocycles. The van der Waals surface area contributed by atoms with Gasteiger partial charge >= 0.3 is 5.97 Å². The number of fused-ring (bicyclic) bond motifs is 2. The lowest BCUT2D eigenvalue weighted by Crippen LogP contribution is -2.60. The zero-order valence-corrected chi connectivity index (χ0v) is 18.5. The van der Waals surface area contributed by atoms with E-state index >= 15 is 0 Å². The average molecular weight is 458 g/mol. The molecule has 10 nitrogen and oxygen atoms in total. The van der Waals surface area contributed by atoms with Gasteiger partial charge in [0, 0.05) is 12.7 Å². The first-order valence-electron chi connectivity index (χ1n) is 9.94. The van der Waals surface area contributed by atoms with E-state index in [-0.39, 0.29) is 29.6 Å². The van der Waals surface area contributed by atoms with Crippen molar-refractivity contribution in [2.45, 2.75) is 32.4 Å². The summed E-state index contributed by atoms with van der Waals surface area (Å²) in [5.74, 6) is -1.59. The van der Waals surface area contributed by atoms with Crippen LogP contribution in [0.2, 0.25) is 0 Å². The third-order valence-electron chi connectivity index (χ3n) is 5.42. The van der Waals surface area contributed by atoms with Gasteiger partial charge in [0.15, 0.2) is 6.10 Å². The Labute approximate surface area is 185 Å². The number of sulfonamides is 1. The van der Waals surface area contributed by atoms with Gasteiger partial charge in [0.2, 0.25) is 5.91 Å². The van der Waals surface area contributed by atoms with Crippen molar-refractivity contribution in [2.75, 3.05) is 22.5 Å². The van der Waals surface area contributed by atoms with Crippen molar-refractivity contribution < 1.29 is 27.5 Å². The predicted molar refractivity (Wildman–Crippen MR) is 117 cm³/mol. The van der Waals surface area contributed by atoms with E-state index in [2.05, 4.69) is 9.71 Å². The third kappa shape index (κ3) is 3.79. The number of rotatable bonds is 3. The minimum absolute atomic E-state index is 0.152. The lowest BCUT2D eigenvalue weighted by Gasteiger charge is -2.42. The van der Waals surface area contributed by atoms with Crippen LogP contribution in [0, 0.1) is 0 Å². The maximum atomic E-state index is 13.3. The lowest BCUT2D eigenvalue weighted by atomic mass is 9.95. The maximum absolute atomic E-state index is 13.3. The first-order valence-corrected chi connectivity index (χ1v) is 11.6. The number of amidine groups is 1. The molecule has 0 fully saturated rings. The fourth-order valence-electron chi connectivity index (χ4n) is 3.63. The van der Waals surface area contributed by atoms with Gasteiger partial charge in [0.05, 0.1) is 22.7 Å². The van der Waals surface area contributed by atoms with E-state index in [4.69, 9.17) is 4.74 Å². The van der Waals surface area contributed by atoms with Crippen LogP contribution in [0.25, 0.3) is 0 Å². The van der Waals surface area contributed by atoms with Gasteiger partial charge in [-0.1, -0.05) is 12.1 Å². The molecule has 0 saturated carbocycles. The van der Waals surface area contributed by atoms with E-state index in [0.29, 0.717) is 11.4 Å². The predicted octanol–water partition coefficient (Wildman–Crippen LogP) is 1.18. The topological polar surface area (TPSA) is 125 Å². The van der Waals surface area contributed by atoms with Crippen LogP contribution in [0.3, 0.4) is 0 Å². The van der Waals surface area contributed by atoms with E-state index in [0.717, 1.165) is 0 Å². The van der Waals surface area contributed by atoms with Gasteiger partial charge in [-0.05, 0) is 45.1 Å². The number of hydrogen-bond donors (Lipinski definition) is 1. The van der Waals surface area contributed by atoms with Crippen LogP contribution in [-0.4, -0.2) is 60.9 Å². The summed E-state index contributed by atoms with van der Waals surface area (Å²) in [5, 5.41) is 2.78. The summed E-state index contributed by atoms with van der Waals surface area (Å²) in [4.78, 5) is 41.4. The number of benzene rings is 1. The Morgan fingerprint density at radius 1 is 1.22 bits per heavy atom. The molecule has 168 valence electrons. The molecule has 2 amide bonds. The Morgan fingerprint density at radius 3 is 2.69 bits per heavy atom. The second kappa shape index (κ2) is 7.59. The minimum atomic E-state index is -3.51. The number of esters is 1. The fourth-order valence-corrected chi connectivity index (χ4v) is 4.60. The quantitative estimate of drug-likeness (QED) is 0.674. The summed E-state index contributed by atoms with van der Waals surface area (Å²) < 4.78 is 32.3. The zero-order chi connectivity index (χ0) is 23.3. The molecule has 3 aliphatic heterocycles. The zero-order valence-electron chi connectivity index (χ0n) is 17.7. The number of carbonyl (C=O) groups is 3. The van der Waals surface area contributed by atoms with E-state index in [1.54, 1.807) is 43.0 Å². The maximum Gasteiger partial charge on any atom is 0.340 e. The van der Waals surface area contributed by atoms with Gasteiger partial charge in [-0.15, -0.1) is 4.40 Å². The molecule has 3 aliphatic rings. The molecule has 32 heavy (non-hydrogen) atoms. The van der Waals surface area contributed by atoms with Crippen molar-refractivity contribution in [1.82, 2.24) is 4.90 Å². The highest BCUT2D eigenvalue weighted by molar-refractivity contribution is 7.90. The van der Waals surface area contributed by atoms with Crippen LogP contribution >= 0.6 is 0 Å². The van der Waals surface area contributed by atoms with Crippen LogP contribution < -0.4 is 10.2 Å². The number of nitrogens with zero attached hydrogens (tertiary/aromatic N) is 3. The third-order valence-corrected chi connectivity index (χ3v) is 6.58. The van der Waals surface area contributed by atoms with Gasteiger partial charge < -0.3 is 15.0 Å². The van der Waals surface area contributed by atoms with Crippen molar-refractivity contribution in [3.63, 3.8) is 0 Å². The molecule has 0 unspecified atom stereocenters. The molecular formula is C21H22N4O6S. The summed E-state index contributed by atoms with van der Waals surface area (Å²) in [6.07, 6.45) is 3.07. The van der Waals surface area contributed by atoms with Gasteiger partial charge in [0.25, 0.3) is 15.9 Å². The molecule has 1 N–H and O–H groups in total. The molecule has 0 aromatic heterocycles. The number of ether oxygens (including phenoxy) is 1. The molecule has 0 aliphatic carbocycles.